The molecule has 110 valence electrons. The lowest BCUT2D eigenvalue weighted by Crippen LogP contribution is -1.96. The Balaban J connectivity index is 1.59. The van der Waals surface area contributed by atoms with Gasteiger partial charge in [-0.3, -0.25) is 4.98 Å². The molecule has 0 aliphatic rings. The van der Waals surface area contributed by atoms with Gasteiger partial charge in [0.05, 0.1) is 6.54 Å². The Kier molecular flexibility index (Phi) is 4.83. The van der Waals surface area contributed by atoms with Crippen LogP contribution in [0.4, 0.5) is 5.69 Å². The van der Waals surface area contributed by atoms with Crippen molar-refractivity contribution in [2.24, 2.45) is 0 Å². The minimum atomic E-state index is 0.577. The van der Waals surface area contributed by atoms with Gasteiger partial charge in [-0.25, -0.2) is 4.98 Å². The van der Waals surface area contributed by atoms with Gasteiger partial charge in [-0.05, 0) is 35.4 Å². The van der Waals surface area contributed by atoms with Crippen LogP contribution in [0, 0.1) is 0 Å². The van der Waals surface area contributed by atoms with Crippen molar-refractivity contribution in [1.82, 2.24) is 9.97 Å². The van der Waals surface area contributed by atoms with E-state index in [0.717, 1.165) is 28.2 Å². The van der Waals surface area contributed by atoms with E-state index in [1.54, 1.807) is 18.6 Å². The van der Waals surface area contributed by atoms with E-state index >= 15 is 0 Å². The van der Waals surface area contributed by atoms with E-state index in [0.29, 0.717) is 4.47 Å². The summed E-state index contributed by atoms with van der Waals surface area (Å²) in [6, 6.07) is 12.3. The molecule has 0 aliphatic carbocycles. The second-order valence-corrected chi connectivity index (χ2v) is 6.37. The molecule has 0 amide bonds. The zero-order valence-corrected chi connectivity index (χ0v) is 13.3. The first-order valence-corrected chi connectivity index (χ1v) is 8.01. The Morgan fingerprint density at radius 2 is 1.68 bits per heavy atom. The highest BCUT2D eigenvalue weighted by molar-refractivity contribution is 7.15. The Bertz CT molecular complexity index is 751. The largest absolute Gasteiger partial charge is 0.380 e. The first kappa shape index (κ1) is 14.8. The standard InChI is InChI=1S/C17H14ClN3S/c18-17-21-12-16(22-17)11-20-15-5-3-13(4-6-15)1-2-14-7-9-19-10-8-14/h1-10,12,20H,11H2. The van der Waals surface area contributed by atoms with Gasteiger partial charge in [-0.2, -0.15) is 0 Å². The molecule has 22 heavy (non-hydrogen) atoms. The second-order valence-electron chi connectivity index (χ2n) is 4.67. The molecule has 1 N–H and O–H groups in total. The van der Waals surface area contributed by atoms with Crippen LogP contribution in [0.15, 0.2) is 55.0 Å². The van der Waals surface area contributed by atoms with Gasteiger partial charge in [0.15, 0.2) is 4.47 Å². The molecule has 5 heteroatoms. The number of hydrogen-bond donors (Lipinski definition) is 1. The quantitative estimate of drug-likeness (QED) is 0.718. The molecule has 0 atom stereocenters. The molecule has 1 aromatic carbocycles. The molecule has 3 nitrogen and oxygen atoms in total. The van der Waals surface area contributed by atoms with Crippen LogP contribution in [0.2, 0.25) is 4.47 Å². The fourth-order valence-electron chi connectivity index (χ4n) is 1.93. The van der Waals surface area contributed by atoms with Gasteiger partial charge < -0.3 is 5.32 Å². The van der Waals surface area contributed by atoms with Crippen LogP contribution in [-0.2, 0) is 6.54 Å². The van der Waals surface area contributed by atoms with Crippen LogP contribution in [0.3, 0.4) is 0 Å². The highest BCUT2D eigenvalue weighted by atomic mass is 35.5. The van der Waals surface area contributed by atoms with Crippen molar-refractivity contribution in [2.75, 3.05) is 5.32 Å². The van der Waals surface area contributed by atoms with E-state index in [-0.39, 0.29) is 0 Å². The molecule has 0 saturated carbocycles. The summed E-state index contributed by atoms with van der Waals surface area (Å²) in [5, 5.41) is 3.35. The molecule has 0 bridgehead atoms. The lowest BCUT2D eigenvalue weighted by molar-refractivity contribution is 1.17. The van der Waals surface area contributed by atoms with E-state index < -0.39 is 0 Å². The van der Waals surface area contributed by atoms with Crippen molar-refractivity contribution < 1.29 is 0 Å². The zero-order chi connectivity index (χ0) is 15.2. The van der Waals surface area contributed by atoms with Crippen molar-refractivity contribution in [1.29, 1.82) is 0 Å². The van der Waals surface area contributed by atoms with Gasteiger partial charge in [-0.15, -0.1) is 11.3 Å². The van der Waals surface area contributed by atoms with Crippen LogP contribution in [0.1, 0.15) is 16.0 Å². The Labute approximate surface area is 138 Å². The van der Waals surface area contributed by atoms with Crippen LogP contribution < -0.4 is 5.32 Å². The number of pyridine rings is 1. The number of hydrogen-bond acceptors (Lipinski definition) is 4. The van der Waals surface area contributed by atoms with Crippen molar-refractivity contribution in [3.8, 4) is 0 Å². The molecule has 0 radical (unpaired) electrons. The fourth-order valence-corrected chi connectivity index (χ4v) is 2.85. The zero-order valence-electron chi connectivity index (χ0n) is 11.7. The molecule has 2 heterocycles. The molecular formula is C17H14ClN3S. The number of aromatic nitrogens is 2. The minimum Gasteiger partial charge on any atom is -0.380 e. The van der Waals surface area contributed by atoms with E-state index in [1.807, 2.05) is 12.1 Å². The van der Waals surface area contributed by atoms with E-state index in [1.165, 1.54) is 11.3 Å². The van der Waals surface area contributed by atoms with E-state index in [9.17, 15) is 0 Å². The number of nitrogens with one attached hydrogen (secondary N) is 1. The average molecular weight is 328 g/mol. The monoisotopic (exact) mass is 327 g/mol. The topological polar surface area (TPSA) is 37.8 Å². The van der Waals surface area contributed by atoms with Gasteiger partial charge in [0.1, 0.15) is 0 Å². The summed E-state index contributed by atoms with van der Waals surface area (Å²) in [7, 11) is 0. The summed E-state index contributed by atoms with van der Waals surface area (Å²) in [4.78, 5) is 9.15. The first-order valence-electron chi connectivity index (χ1n) is 6.82. The molecule has 3 aromatic rings. The smallest absolute Gasteiger partial charge is 0.183 e. The number of anilines is 1. The highest BCUT2D eigenvalue weighted by Gasteiger charge is 1.99. The Morgan fingerprint density at radius 1 is 1.00 bits per heavy atom. The minimum absolute atomic E-state index is 0.577. The van der Waals surface area contributed by atoms with Gasteiger partial charge in [0.25, 0.3) is 0 Å². The summed E-state index contributed by atoms with van der Waals surface area (Å²) in [5.41, 5.74) is 3.37. The van der Waals surface area contributed by atoms with Crippen LogP contribution >= 0.6 is 22.9 Å². The lowest BCUT2D eigenvalue weighted by Gasteiger charge is -2.04. The maximum atomic E-state index is 5.82. The van der Waals surface area contributed by atoms with Gasteiger partial charge in [-0.1, -0.05) is 35.9 Å². The summed E-state index contributed by atoms with van der Waals surface area (Å²) >= 11 is 7.31. The molecule has 0 saturated heterocycles. The van der Waals surface area contributed by atoms with Crippen molar-refractivity contribution in [2.45, 2.75) is 6.54 Å². The third kappa shape index (κ3) is 4.16. The Hall–Kier alpha value is -2.17. The molecule has 0 aliphatic heterocycles. The van der Waals surface area contributed by atoms with Crippen molar-refractivity contribution in [3.05, 3.63) is 75.5 Å². The van der Waals surface area contributed by atoms with Crippen molar-refractivity contribution >= 4 is 40.8 Å². The van der Waals surface area contributed by atoms with Gasteiger partial charge >= 0.3 is 0 Å². The van der Waals surface area contributed by atoms with E-state index in [2.05, 4.69) is 51.7 Å². The summed E-state index contributed by atoms with van der Waals surface area (Å²) in [6.07, 6.45) is 9.54. The third-order valence-corrected chi connectivity index (χ3v) is 4.19. The van der Waals surface area contributed by atoms with Gasteiger partial charge in [0.2, 0.25) is 0 Å². The molecule has 0 fully saturated rings. The highest BCUT2D eigenvalue weighted by Crippen LogP contribution is 2.19. The third-order valence-electron chi connectivity index (χ3n) is 3.08. The molecular weight excluding hydrogens is 314 g/mol. The predicted molar refractivity (Wildman–Crippen MR) is 94.1 cm³/mol. The predicted octanol–water partition coefficient (Wildman–Crippen LogP) is 4.97. The molecule has 0 spiro atoms. The van der Waals surface area contributed by atoms with Gasteiger partial charge in [0, 0.05) is 29.2 Å². The summed E-state index contributed by atoms with van der Waals surface area (Å²) in [5.74, 6) is 0. The van der Waals surface area contributed by atoms with E-state index in [4.69, 9.17) is 11.6 Å². The summed E-state index contributed by atoms with van der Waals surface area (Å²) < 4.78 is 0.577. The van der Waals surface area contributed by atoms with Crippen LogP contribution in [0.25, 0.3) is 12.2 Å². The normalized spacial score (nSPS) is 11.0. The number of halogens is 1. The lowest BCUT2D eigenvalue weighted by atomic mass is 10.1. The molecule has 2 aromatic heterocycles. The maximum absolute atomic E-state index is 5.82. The number of thiazole rings is 1. The molecule has 0 unspecified atom stereocenters. The average Bonchev–Trinajstić information content (AvgIpc) is 2.98. The van der Waals surface area contributed by atoms with Crippen LogP contribution in [-0.4, -0.2) is 9.97 Å². The number of nitrogens with zero attached hydrogens (tertiary/aromatic N) is 2. The number of rotatable bonds is 5. The second kappa shape index (κ2) is 7.20. The maximum Gasteiger partial charge on any atom is 0.183 e. The van der Waals surface area contributed by atoms with Crippen molar-refractivity contribution in [3.63, 3.8) is 0 Å². The first-order chi connectivity index (χ1) is 10.8. The molecule has 3 rings (SSSR count). The van der Waals surface area contributed by atoms with Crippen LogP contribution in [0.5, 0.6) is 0 Å². The SMILES string of the molecule is Clc1ncc(CNc2ccc(C=Cc3ccncc3)cc2)s1. The summed E-state index contributed by atoms with van der Waals surface area (Å²) in [6.45, 7) is 0.733. The Morgan fingerprint density at radius 3 is 2.32 bits per heavy atom. The fraction of sp³-hybridized carbons (Fsp3) is 0.0588. The number of benzene rings is 1.